The van der Waals surface area contributed by atoms with Crippen LogP contribution in [0.1, 0.15) is 17.2 Å². The van der Waals surface area contributed by atoms with Gasteiger partial charge in [-0.1, -0.05) is 23.2 Å². The first-order chi connectivity index (χ1) is 8.54. The summed E-state index contributed by atoms with van der Waals surface area (Å²) in [6.07, 6.45) is 3.23. The molecule has 18 heavy (non-hydrogen) atoms. The smallest absolute Gasteiger partial charge is 0.0831 e. The van der Waals surface area contributed by atoms with Crippen LogP contribution in [0, 0.1) is 0 Å². The van der Waals surface area contributed by atoms with Crippen molar-refractivity contribution in [3.63, 3.8) is 0 Å². The minimum Gasteiger partial charge on any atom is -0.388 e. The quantitative estimate of drug-likeness (QED) is 0.891. The first-order valence-electron chi connectivity index (χ1n) is 5.28. The minimum absolute atomic E-state index is 0.461. The number of aliphatic hydroxyl groups excluding tert-OH is 1. The Bertz CT molecular complexity index is 542. The second-order valence-electron chi connectivity index (χ2n) is 3.93. The summed E-state index contributed by atoms with van der Waals surface area (Å²) in [5.74, 6) is 0. The van der Waals surface area contributed by atoms with Crippen molar-refractivity contribution in [2.45, 2.75) is 12.5 Å². The van der Waals surface area contributed by atoms with E-state index in [4.69, 9.17) is 23.2 Å². The maximum atomic E-state index is 10.2. The number of benzene rings is 1. The molecule has 1 atom stereocenters. The van der Waals surface area contributed by atoms with Gasteiger partial charge in [0.25, 0.3) is 0 Å². The van der Waals surface area contributed by atoms with E-state index in [1.165, 1.54) is 0 Å². The number of halogens is 3. The molecule has 2 rings (SSSR count). The molecule has 1 aromatic heterocycles. The number of aromatic nitrogens is 1. The first-order valence-corrected chi connectivity index (χ1v) is 6.83. The highest BCUT2D eigenvalue weighted by molar-refractivity contribution is 9.10. The molecule has 94 valence electrons. The Labute approximate surface area is 124 Å². The number of hydrogen-bond acceptors (Lipinski definition) is 2. The zero-order valence-corrected chi connectivity index (χ0v) is 12.4. The van der Waals surface area contributed by atoms with E-state index in [9.17, 15) is 5.11 Å². The number of nitrogens with zero attached hydrogens (tertiary/aromatic N) is 1. The van der Waals surface area contributed by atoms with E-state index in [-0.39, 0.29) is 0 Å². The summed E-state index contributed by atoms with van der Waals surface area (Å²) in [5.41, 5.74) is 1.64. The zero-order chi connectivity index (χ0) is 13.1. The molecular weight excluding hydrogens is 337 g/mol. The van der Waals surface area contributed by atoms with Crippen molar-refractivity contribution in [3.8, 4) is 0 Å². The lowest BCUT2D eigenvalue weighted by Gasteiger charge is -2.12. The third kappa shape index (κ3) is 3.69. The Hall–Kier alpha value is -0.610. The van der Waals surface area contributed by atoms with E-state index in [0.717, 1.165) is 10.0 Å². The van der Waals surface area contributed by atoms with Crippen LogP contribution in [0.4, 0.5) is 0 Å². The normalized spacial score (nSPS) is 12.4. The number of pyridine rings is 1. The number of aliphatic hydroxyl groups is 1. The summed E-state index contributed by atoms with van der Waals surface area (Å²) in [5, 5.41) is 11.2. The van der Waals surface area contributed by atoms with E-state index >= 15 is 0 Å². The average Bonchev–Trinajstić information content (AvgIpc) is 2.27. The van der Waals surface area contributed by atoms with Gasteiger partial charge in [0, 0.05) is 33.3 Å². The molecule has 1 heterocycles. The molecule has 0 radical (unpaired) electrons. The Morgan fingerprint density at radius 1 is 1.11 bits per heavy atom. The van der Waals surface area contributed by atoms with Gasteiger partial charge < -0.3 is 5.11 Å². The van der Waals surface area contributed by atoms with Gasteiger partial charge in [0.05, 0.1) is 6.10 Å². The lowest BCUT2D eigenvalue weighted by atomic mass is 10.0. The van der Waals surface area contributed by atoms with Crippen molar-refractivity contribution in [3.05, 3.63) is 62.3 Å². The van der Waals surface area contributed by atoms with Crippen LogP contribution in [0.15, 0.2) is 41.1 Å². The van der Waals surface area contributed by atoms with Gasteiger partial charge in [-0.15, -0.1) is 0 Å². The SMILES string of the molecule is OC(Cc1cncc(Br)c1)c1cc(Cl)cc(Cl)c1. The zero-order valence-electron chi connectivity index (χ0n) is 9.28. The van der Waals surface area contributed by atoms with Gasteiger partial charge in [-0.05, 0) is 51.3 Å². The maximum absolute atomic E-state index is 10.2. The monoisotopic (exact) mass is 345 g/mol. The average molecular weight is 347 g/mol. The van der Waals surface area contributed by atoms with Gasteiger partial charge in [-0.25, -0.2) is 0 Å². The van der Waals surface area contributed by atoms with Crippen LogP contribution in [0.3, 0.4) is 0 Å². The standard InChI is InChI=1S/C13H10BrCl2NO/c14-10-1-8(6-17-7-10)2-13(18)9-3-11(15)5-12(16)4-9/h1,3-7,13,18H,2H2. The van der Waals surface area contributed by atoms with Crippen LogP contribution in [0.2, 0.25) is 10.0 Å². The second kappa shape index (κ2) is 6.02. The highest BCUT2D eigenvalue weighted by Gasteiger charge is 2.11. The fourth-order valence-corrected chi connectivity index (χ4v) is 2.63. The molecule has 0 spiro atoms. The summed E-state index contributed by atoms with van der Waals surface area (Å²) in [6.45, 7) is 0. The molecule has 0 bridgehead atoms. The summed E-state index contributed by atoms with van der Waals surface area (Å²) >= 11 is 15.2. The predicted octanol–water partition coefficient (Wildman–Crippen LogP) is 4.43. The molecule has 2 aromatic rings. The fourth-order valence-electron chi connectivity index (χ4n) is 1.68. The molecule has 0 aliphatic carbocycles. The van der Waals surface area contributed by atoms with Crippen molar-refractivity contribution in [2.75, 3.05) is 0 Å². The van der Waals surface area contributed by atoms with Gasteiger partial charge in [0.2, 0.25) is 0 Å². The second-order valence-corrected chi connectivity index (χ2v) is 5.72. The molecule has 2 nitrogen and oxygen atoms in total. The van der Waals surface area contributed by atoms with Gasteiger partial charge in [0.1, 0.15) is 0 Å². The van der Waals surface area contributed by atoms with E-state index in [0.29, 0.717) is 22.0 Å². The maximum Gasteiger partial charge on any atom is 0.0831 e. The van der Waals surface area contributed by atoms with Gasteiger partial charge in [-0.3, -0.25) is 4.98 Å². The van der Waals surface area contributed by atoms with Crippen molar-refractivity contribution in [1.29, 1.82) is 0 Å². The highest BCUT2D eigenvalue weighted by Crippen LogP contribution is 2.26. The van der Waals surface area contributed by atoms with E-state index in [2.05, 4.69) is 20.9 Å². The van der Waals surface area contributed by atoms with Crippen molar-refractivity contribution in [1.82, 2.24) is 4.98 Å². The van der Waals surface area contributed by atoms with Crippen LogP contribution < -0.4 is 0 Å². The molecular formula is C13H10BrCl2NO. The summed E-state index contributed by atoms with van der Waals surface area (Å²) in [4.78, 5) is 4.06. The van der Waals surface area contributed by atoms with Crippen molar-refractivity contribution >= 4 is 39.1 Å². The molecule has 1 N–H and O–H groups in total. The van der Waals surface area contributed by atoms with Crippen LogP contribution in [0.25, 0.3) is 0 Å². The van der Waals surface area contributed by atoms with E-state index < -0.39 is 6.10 Å². The first kappa shape index (κ1) is 13.8. The molecule has 0 saturated heterocycles. The summed E-state index contributed by atoms with van der Waals surface area (Å²) in [6, 6.07) is 6.98. The van der Waals surface area contributed by atoms with Crippen LogP contribution in [0.5, 0.6) is 0 Å². The molecule has 1 unspecified atom stereocenters. The Morgan fingerprint density at radius 2 is 1.78 bits per heavy atom. The van der Waals surface area contributed by atoms with Crippen LogP contribution >= 0.6 is 39.1 Å². The van der Waals surface area contributed by atoms with E-state index in [1.807, 2.05) is 6.07 Å². The molecule has 0 amide bonds. The number of hydrogen-bond donors (Lipinski definition) is 1. The minimum atomic E-state index is -0.655. The Balaban J connectivity index is 2.19. The third-order valence-corrected chi connectivity index (χ3v) is 3.33. The third-order valence-electron chi connectivity index (χ3n) is 2.46. The molecule has 0 aliphatic heterocycles. The summed E-state index contributed by atoms with van der Waals surface area (Å²) in [7, 11) is 0. The molecule has 0 fully saturated rings. The highest BCUT2D eigenvalue weighted by atomic mass is 79.9. The number of rotatable bonds is 3. The lowest BCUT2D eigenvalue weighted by molar-refractivity contribution is 0.178. The van der Waals surface area contributed by atoms with Crippen molar-refractivity contribution in [2.24, 2.45) is 0 Å². The fraction of sp³-hybridized carbons (Fsp3) is 0.154. The van der Waals surface area contributed by atoms with E-state index in [1.54, 1.807) is 30.6 Å². The summed E-state index contributed by atoms with van der Waals surface area (Å²) < 4.78 is 0.885. The molecule has 1 aromatic carbocycles. The van der Waals surface area contributed by atoms with Gasteiger partial charge in [0.15, 0.2) is 0 Å². The lowest BCUT2D eigenvalue weighted by Crippen LogP contribution is -2.02. The topological polar surface area (TPSA) is 33.1 Å². The van der Waals surface area contributed by atoms with Gasteiger partial charge in [-0.2, -0.15) is 0 Å². The Morgan fingerprint density at radius 3 is 2.39 bits per heavy atom. The molecule has 0 aliphatic rings. The van der Waals surface area contributed by atoms with Crippen LogP contribution in [-0.4, -0.2) is 10.1 Å². The van der Waals surface area contributed by atoms with Crippen molar-refractivity contribution < 1.29 is 5.11 Å². The predicted molar refractivity (Wildman–Crippen MR) is 77.1 cm³/mol. The molecule has 0 saturated carbocycles. The molecule has 5 heteroatoms. The largest absolute Gasteiger partial charge is 0.388 e. The van der Waals surface area contributed by atoms with Gasteiger partial charge >= 0.3 is 0 Å². The van der Waals surface area contributed by atoms with Crippen LogP contribution in [-0.2, 0) is 6.42 Å². The Kier molecular flexibility index (Phi) is 4.62.